The summed E-state index contributed by atoms with van der Waals surface area (Å²) < 4.78 is 0. The maximum atomic E-state index is 5.95. The van der Waals surface area contributed by atoms with E-state index >= 15 is 0 Å². The van der Waals surface area contributed by atoms with Gasteiger partial charge >= 0.3 is 0 Å². The molecule has 0 aromatic rings. The number of hydrogen-bond acceptors (Lipinski definition) is 3. The third-order valence-corrected chi connectivity index (χ3v) is 4.91. The highest BCUT2D eigenvalue weighted by molar-refractivity contribution is 4.82. The molecule has 0 radical (unpaired) electrons. The Morgan fingerprint density at radius 2 is 1.89 bits per heavy atom. The van der Waals surface area contributed by atoms with Gasteiger partial charge < -0.3 is 10.6 Å². The average molecular weight is 253 g/mol. The monoisotopic (exact) mass is 253 g/mol. The summed E-state index contributed by atoms with van der Waals surface area (Å²) in [6.45, 7) is 9.66. The fourth-order valence-corrected chi connectivity index (χ4v) is 3.60. The lowest BCUT2D eigenvalue weighted by Gasteiger charge is -2.39. The Labute approximate surface area is 113 Å². The molecular formula is C15H31N3. The molecule has 3 nitrogen and oxygen atoms in total. The largest absolute Gasteiger partial charge is 0.329 e. The van der Waals surface area contributed by atoms with Crippen LogP contribution in [0.4, 0.5) is 0 Å². The summed E-state index contributed by atoms with van der Waals surface area (Å²) in [5.74, 6) is 0.924. The molecule has 2 N–H and O–H groups in total. The number of nitrogens with two attached hydrogens (primary N) is 1. The molecule has 0 aromatic carbocycles. The first-order valence-electron chi connectivity index (χ1n) is 8.00. The van der Waals surface area contributed by atoms with Crippen LogP contribution in [0.25, 0.3) is 0 Å². The van der Waals surface area contributed by atoms with Gasteiger partial charge in [0.2, 0.25) is 0 Å². The minimum Gasteiger partial charge on any atom is -0.329 e. The van der Waals surface area contributed by atoms with Gasteiger partial charge in [0.15, 0.2) is 0 Å². The van der Waals surface area contributed by atoms with Crippen molar-refractivity contribution in [3.63, 3.8) is 0 Å². The van der Waals surface area contributed by atoms with Crippen LogP contribution in [-0.4, -0.2) is 55.1 Å². The molecule has 2 heterocycles. The topological polar surface area (TPSA) is 32.5 Å². The molecule has 18 heavy (non-hydrogen) atoms. The molecule has 2 saturated heterocycles. The van der Waals surface area contributed by atoms with E-state index in [1.165, 1.54) is 71.2 Å². The van der Waals surface area contributed by atoms with Crippen LogP contribution in [0.1, 0.15) is 45.4 Å². The molecule has 2 atom stereocenters. The highest BCUT2D eigenvalue weighted by Gasteiger charge is 2.26. The first kappa shape index (κ1) is 14.3. The Balaban J connectivity index is 1.67. The summed E-state index contributed by atoms with van der Waals surface area (Å²) in [5.41, 5.74) is 5.95. The first-order valence-corrected chi connectivity index (χ1v) is 8.00. The number of piperidine rings is 1. The molecule has 2 aliphatic heterocycles. The van der Waals surface area contributed by atoms with Gasteiger partial charge in [-0.2, -0.15) is 0 Å². The molecule has 0 saturated carbocycles. The van der Waals surface area contributed by atoms with Crippen molar-refractivity contribution in [1.82, 2.24) is 9.80 Å². The average Bonchev–Trinajstić information content (AvgIpc) is 2.92. The number of rotatable bonds is 6. The Kier molecular flexibility index (Phi) is 5.93. The Morgan fingerprint density at radius 3 is 2.56 bits per heavy atom. The Morgan fingerprint density at radius 1 is 1.11 bits per heavy atom. The maximum absolute atomic E-state index is 5.95. The zero-order valence-corrected chi connectivity index (χ0v) is 12.1. The summed E-state index contributed by atoms with van der Waals surface area (Å²) in [4.78, 5) is 5.28. The number of nitrogens with zero attached hydrogens (tertiary/aromatic N) is 2. The predicted octanol–water partition coefficient (Wildman–Crippen LogP) is 1.92. The zero-order chi connectivity index (χ0) is 12.8. The summed E-state index contributed by atoms with van der Waals surface area (Å²) in [7, 11) is 0. The second-order valence-electron chi connectivity index (χ2n) is 6.13. The number of likely N-dealkylation sites (tertiary alicyclic amines) is 2. The van der Waals surface area contributed by atoms with Crippen molar-refractivity contribution in [2.75, 3.05) is 39.3 Å². The lowest BCUT2D eigenvalue weighted by Crippen LogP contribution is -2.47. The number of hydrogen-bond donors (Lipinski definition) is 1. The molecule has 0 aromatic heterocycles. The third kappa shape index (κ3) is 3.94. The molecule has 106 valence electrons. The molecule has 0 aliphatic carbocycles. The highest BCUT2D eigenvalue weighted by Crippen LogP contribution is 2.25. The molecule has 0 amide bonds. The molecule has 3 heteroatoms. The van der Waals surface area contributed by atoms with Crippen molar-refractivity contribution >= 4 is 0 Å². The van der Waals surface area contributed by atoms with Gasteiger partial charge in [-0.05, 0) is 70.7 Å². The van der Waals surface area contributed by atoms with Crippen molar-refractivity contribution in [3.8, 4) is 0 Å². The van der Waals surface area contributed by atoms with Crippen LogP contribution in [0, 0.1) is 5.92 Å². The van der Waals surface area contributed by atoms with Crippen LogP contribution in [0.2, 0.25) is 0 Å². The summed E-state index contributed by atoms with van der Waals surface area (Å²) in [5, 5.41) is 0. The lowest BCUT2D eigenvalue weighted by atomic mass is 9.89. The minimum absolute atomic E-state index is 0.655. The van der Waals surface area contributed by atoms with E-state index in [1.807, 2.05) is 0 Å². The van der Waals surface area contributed by atoms with E-state index in [4.69, 9.17) is 5.73 Å². The van der Waals surface area contributed by atoms with Gasteiger partial charge in [-0.3, -0.25) is 4.90 Å². The highest BCUT2D eigenvalue weighted by atomic mass is 15.2. The zero-order valence-electron chi connectivity index (χ0n) is 12.1. The van der Waals surface area contributed by atoms with Crippen LogP contribution in [-0.2, 0) is 0 Å². The molecule has 0 spiro atoms. The second-order valence-corrected chi connectivity index (χ2v) is 6.13. The van der Waals surface area contributed by atoms with E-state index in [1.54, 1.807) is 0 Å². The Bertz CT molecular complexity index is 226. The van der Waals surface area contributed by atoms with E-state index in [-0.39, 0.29) is 0 Å². The summed E-state index contributed by atoms with van der Waals surface area (Å²) in [6, 6.07) is 0.655. The molecular weight excluding hydrogens is 222 g/mol. The maximum Gasteiger partial charge on any atom is 0.0221 e. The van der Waals surface area contributed by atoms with Crippen molar-refractivity contribution in [2.45, 2.75) is 51.5 Å². The fraction of sp³-hybridized carbons (Fsp3) is 1.00. The quantitative estimate of drug-likeness (QED) is 0.785. The van der Waals surface area contributed by atoms with Gasteiger partial charge in [-0.1, -0.05) is 13.3 Å². The van der Waals surface area contributed by atoms with E-state index in [9.17, 15) is 0 Å². The van der Waals surface area contributed by atoms with Crippen molar-refractivity contribution < 1.29 is 0 Å². The van der Waals surface area contributed by atoms with Gasteiger partial charge in [-0.15, -0.1) is 0 Å². The SMILES string of the molecule is CCC1CCN(CCCN2CCCC2)C(CN)C1. The van der Waals surface area contributed by atoms with Crippen molar-refractivity contribution in [2.24, 2.45) is 11.7 Å². The minimum atomic E-state index is 0.655. The van der Waals surface area contributed by atoms with Crippen molar-refractivity contribution in [3.05, 3.63) is 0 Å². The van der Waals surface area contributed by atoms with Crippen molar-refractivity contribution in [1.29, 1.82) is 0 Å². The fourth-order valence-electron chi connectivity index (χ4n) is 3.60. The first-order chi connectivity index (χ1) is 8.83. The van der Waals surface area contributed by atoms with Gasteiger partial charge in [0.25, 0.3) is 0 Å². The Hall–Kier alpha value is -0.120. The summed E-state index contributed by atoms with van der Waals surface area (Å²) in [6.07, 6.45) is 8.19. The molecule has 2 rings (SSSR count). The predicted molar refractivity (Wildman–Crippen MR) is 77.7 cm³/mol. The standard InChI is InChI=1S/C15H31N3/c1-2-14-6-11-18(15(12-14)13-16)10-5-9-17-7-3-4-8-17/h14-15H,2-13,16H2,1H3. The van der Waals surface area contributed by atoms with E-state index < -0.39 is 0 Å². The van der Waals surface area contributed by atoms with Gasteiger partial charge in [0, 0.05) is 12.6 Å². The van der Waals surface area contributed by atoms with Crippen LogP contribution < -0.4 is 5.73 Å². The van der Waals surface area contributed by atoms with Gasteiger partial charge in [0.1, 0.15) is 0 Å². The van der Waals surface area contributed by atoms with E-state index in [2.05, 4.69) is 16.7 Å². The molecule has 2 unspecified atom stereocenters. The van der Waals surface area contributed by atoms with E-state index in [0.29, 0.717) is 6.04 Å². The van der Waals surface area contributed by atoms with Crippen LogP contribution >= 0.6 is 0 Å². The second kappa shape index (κ2) is 7.46. The van der Waals surface area contributed by atoms with Gasteiger partial charge in [-0.25, -0.2) is 0 Å². The normalized spacial score (nSPS) is 31.0. The molecule has 0 bridgehead atoms. The third-order valence-electron chi connectivity index (χ3n) is 4.91. The van der Waals surface area contributed by atoms with Crippen LogP contribution in [0.5, 0.6) is 0 Å². The van der Waals surface area contributed by atoms with Crippen LogP contribution in [0.3, 0.4) is 0 Å². The van der Waals surface area contributed by atoms with E-state index in [0.717, 1.165) is 12.5 Å². The smallest absolute Gasteiger partial charge is 0.0221 e. The lowest BCUT2D eigenvalue weighted by molar-refractivity contribution is 0.109. The molecule has 2 fully saturated rings. The van der Waals surface area contributed by atoms with Crippen LogP contribution in [0.15, 0.2) is 0 Å². The molecule has 2 aliphatic rings. The summed E-state index contributed by atoms with van der Waals surface area (Å²) >= 11 is 0. The van der Waals surface area contributed by atoms with Gasteiger partial charge in [0.05, 0.1) is 0 Å².